The molecule has 3 nitrogen and oxygen atoms in total. The highest BCUT2D eigenvalue weighted by Crippen LogP contribution is 2.21. The van der Waals surface area contributed by atoms with E-state index in [0.717, 1.165) is 25.1 Å². The molecule has 16 heavy (non-hydrogen) atoms. The van der Waals surface area contributed by atoms with Gasteiger partial charge in [-0.25, -0.2) is 0 Å². The number of aliphatic hydroxyl groups excluding tert-OH is 1. The maximum absolute atomic E-state index is 9.41. The highest BCUT2D eigenvalue weighted by molar-refractivity contribution is 6.31. The molecule has 0 unspecified atom stereocenters. The van der Waals surface area contributed by atoms with Crippen LogP contribution in [0.1, 0.15) is 17.5 Å². The highest BCUT2D eigenvalue weighted by Gasteiger charge is 2.20. The molecule has 1 N–H and O–H groups in total. The van der Waals surface area contributed by atoms with E-state index >= 15 is 0 Å². The fraction of sp³-hybridized carbons (Fsp3) is 0.417. The van der Waals surface area contributed by atoms with E-state index in [0.29, 0.717) is 17.1 Å². The van der Waals surface area contributed by atoms with Crippen LogP contribution in [0.3, 0.4) is 0 Å². The maximum Gasteiger partial charge on any atom is 0.0992 e. The van der Waals surface area contributed by atoms with Gasteiger partial charge in [0.2, 0.25) is 0 Å². The molecule has 0 radical (unpaired) electrons. The molecule has 1 fully saturated rings. The van der Waals surface area contributed by atoms with Crippen LogP contribution in [-0.2, 0) is 6.54 Å². The van der Waals surface area contributed by atoms with Crippen molar-refractivity contribution in [2.45, 2.75) is 19.1 Å². The standard InChI is InChI=1S/C12H13ClN2O/c13-12-5-9(6-14)1-2-10(12)7-15-4-3-11(16)8-15/h1-2,5,11,16H,3-4,7-8H2/t11-/m1/s1. The molecule has 0 aromatic heterocycles. The molecule has 1 aliphatic heterocycles. The molecule has 84 valence electrons. The zero-order valence-electron chi connectivity index (χ0n) is 8.86. The Morgan fingerprint density at radius 3 is 2.94 bits per heavy atom. The average Bonchev–Trinajstić information content (AvgIpc) is 2.67. The minimum absolute atomic E-state index is 0.211. The van der Waals surface area contributed by atoms with Gasteiger partial charge in [-0.05, 0) is 24.1 Å². The molecular weight excluding hydrogens is 224 g/mol. The molecule has 1 atom stereocenters. The van der Waals surface area contributed by atoms with Crippen molar-refractivity contribution >= 4 is 11.6 Å². The van der Waals surface area contributed by atoms with Gasteiger partial charge >= 0.3 is 0 Å². The fourth-order valence-corrected chi connectivity index (χ4v) is 2.18. The maximum atomic E-state index is 9.41. The molecule has 0 saturated carbocycles. The van der Waals surface area contributed by atoms with Gasteiger partial charge in [0.05, 0.1) is 17.7 Å². The largest absolute Gasteiger partial charge is 0.392 e. The molecule has 1 aromatic carbocycles. The summed E-state index contributed by atoms with van der Waals surface area (Å²) >= 11 is 6.08. The van der Waals surface area contributed by atoms with Crippen molar-refractivity contribution in [1.82, 2.24) is 4.90 Å². The first-order chi connectivity index (χ1) is 7.69. The number of rotatable bonds is 2. The van der Waals surface area contributed by atoms with Gasteiger partial charge in [0.25, 0.3) is 0 Å². The second kappa shape index (κ2) is 4.84. The van der Waals surface area contributed by atoms with Gasteiger partial charge in [-0.2, -0.15) is 5.26 Å². The fourth-order valence-electron chi connectivity index (χ4n) is 1.94. The zero-order chi connectivity index (χ0) is 11.5. The van der Waals surface area contributed by atoms with Crippen LogP contribution in [0.25, 0.3) is 0 Å². The minimum Gasteiger partial charge on any atom is -0.392 e. The lowest BCUT2D eigenvalue weighted by Gasteiger charge is -2.15. The molecule has 0 bridgehead atoms. The average molecular weight is 237 g/mol. The van der Waals surface area contributed by atoms with Crippen LogP contribution >= 0.6 is 11.6 Å². The number of benzene rings is 1. The first-order valence-electron chi connectivity index (χ1n) is 5.28. The van der Waals surface area contributed by atoms with E-state index in [4.69, 9.17) is 16.9 Å². The van der Waals surface area contributed by atoms with Gasteiger partial charge in [-0.15, -0.1) is 0 Å². The van der Waals surface area contributed by atoms with Crippen molar-refractivity contribution < 1.29 is 5.11 Å². The van der Waals surface area contributed by atoms with E-state index in [-0.39, 0.29) is 6.10 Å². The molecular formula is C12H13ClN2O. The third-order valence-corrected chi connectivity index (χ3v) is 3.18. The Kier molecular flexibility index (Phi) is 3.45. The first kappa shape index (κ1) is 11.4. The van der Waals surface area contributed by atoms with Crippen LogP contribution in [0, 0.1) is 11.3 Å². The number of hydrogen-bond donors (Lipinski definition) is 1. The molecule has 1 saturated heterocycles. The highest BCUT2D eigenvalue weighted by atomic mass is 35.5. The van der Waals surface area contributed by atoms with E-state index in [9.17, 15) is 5.11 Å². The Morgan fingerprint density at radius 1 is 1.56 bits per heavy atom. The summed E-state index contributed by atoms with van der Waals surface area (Å²) in [7, 11) is 0. The quantitative estimate of drug-likeness (QED) is 0.852. The molecule has 1 heterocycles. The summed E-state index contributed by atoms with van der Waals surface area (Å²) in [5.74, 6) is 0. The number of nitrogens with zero attached hydrogens (tertiary/aromatic N) is 2. The monoisotopic (exact) mass is 236 g/mol. The number of aliphatic hydroxyl groups is 1. The molecule has 0 amide bonds. The topological polar surface area (TPSA) is 47.3 Å². The Bertz CT molecular complexity index is 428. The van der Waals surface area contributed by atoms with Gasteiger partial charge < -0.3 is 5.11 Å². The number of halogens is 1. The van der Waals surface area contributed by atoms with E-state index in [1.807, 2.05) is 6.07 Å². The van der Waals surface area contributed by atoms with E-state index < -0.39 is 0 Å². The summed E-state index contributed by atoms with van der Waals surface area (Å²) in [4.78, 5) is 2.16. The van der Waals surface area contributed by atoms with Crippen molar-refractivity contribution in [1.29, 1.82) is 5.26 Å². The molecule has 0 spiro atoms. The van der Waals surface area contributed by atoms with Crippen molar-refractivity contribution in [2.24, 2.45) is 0 Å². The van der Waals surface area contributed by atoms with E-state index in [2.05, 4.69) is 11.0 Å². The van der Waals surface area contributed by atoms with Crippen molar-refractivity contribution in [3.05, 3.63) is 34.3 Å². The predicted molar refractivity (Wildman–Crippen MR) is 62.1 cm³/mol. The molecule has 1 aromatic rings. The summed E-state index contributed by atoms with van der Waals surface area (Å²) < 4.78 is 0. The van der Waals surface area contributed by atoms with Crippen LogP contribution in [0.5, 0.6) is 0 Å². The molecule has 4 heteroatoms. The van der Waals surface area contributed by atoms with Gasteiger partial charge in [-0.1, -0.05) is 17.7 Å². The molecule has 0 aliphatic carbocycles. The number of β-amino-alcohol motifs (C(OH)–C–C–N with tert-alkyl or cyclic N) is 1. The SMILES string of the molecule is N#Cc1ccc(CN2CC[C@@H](O)C2)c(Cl)c1. The van der Waals surface area contributed by atoms with Crippen LogP contribution in [-0.4, -0.2) is 29.2 Å². The second-order valence-electron chi connectivity index (χ2n) is 4.10. The summed E-state index contributed by atoms with van der Waals surface area (Å²) in [5.41, 5.74) is 1.59. The number of nitriles is 1. The van der Waals surface area contributed by atoms with Crippen LogP contribution < -0.4 is 0 Å². The summed E-state index contributed by atoms with van der Waals surface area (Å²) in [6.07, 6.45) is 0.616. The Hall–Kier alpha value is -1.08. The molecule has 1 aliphatic rings. The number of likely N-dealkylation sites (tertiary alicyclic amines) is 1. The van der Waals surface area contributed by atoms with Gasteiger partial charge in [0.15, 0.2) is 0 Å². The van der Waals surface area contributed by atoms with E-state index in [1.165, 1.54) is 0 Å². The lowest BCUT2D eigenvalue weighted by atomic mass is 10.1. The third-order valence-electron chi connectivity index (χ3n) is 2.82. The Labute approximate surface area is 99.9 Å². The van der Waals surface area contributed by atoms with Crippen LogP contribution in [0.2, 0.25) is 5.02 Å². The van der Waals surface area contributed by atoms with Crippen molar-refractivity contribution in [3.8, 4) is 6.07 Å². The van der Waals surface area contributed by atoms with Gasteiger partial charge in [0.1, 0.15) is 0 Å². The van der Waals surface area contributed by atoms with Crippen LogP contribution in [0.15, 0.2) is 18.2 Å². The third kappa shape index (κ3) is 2.53. The number of hydrogen-bond acceptors (Lipinski definition) is 3. The lowest BCUT2D eigenvalue weighted by Crippen LogP contribution is -2.21. The molecule has 2 rings (SSSR count). The van der Waals surface area contributed by atoms with Gasteiger partial charge in [0, 0.05) is 24.7 Å². The van der Waals surface area contributed by atoms with Crippen molar-refractivity contribution in [2.75, 3.05) is 13.1 Å². The van der Waals surface area contributed by atoms with Crippen molar-refractivity contribution in [3.63, 3.8) is 0 Å². The summed E-state index contributed by atoms with van der Waals surface area (Å²) in [5, 5.41) is 18.8. The normalized spacial score (nSPS) is 20.9. The lowest BCUT2D eigenvalue weighted by molar-refractivity contribution is 0.175. The Balaban J connectivity index is 2.08. The smallest absolute Gasteiger partial charge is 0.0992 e. The summed E-state index contributed by atoms with van der Waals surface area (Å²) in [6.45, 7) is 2.34. The van der Waals surface area contributed by atoms with Gasteiger partial charge in [-0.3, -0.25) is 4.90 Å². The first-order valence-corrected chi connectivity index (χ1v) is 5.66. The minimum atomic E-state index is -0.211. The van der Waals surface area contributed by atoms with E-state index in [1.54, 1.807) is 12.1 Å². The Morgan fingerprint density at radius 2 is 2.38 bits per heavy atom. The zero-order valence-corrected chi connectivity index (χ0v) is 9.61. The predicted octanol–water partition coefficient (Wildman–Crippen LogP) is 1.78. The summed E-state index contributed by atoms with van der Waals surface area (Å²) in [6, 6.07) is 7.39. The van der Waals surface area contributed by atoms with Crippen LogP contribution in [0.4, 0.5) is 0 Å². The second-order valence-corrected chi connectivity index (χ2v) is 4.50.